The average molecular weight is 373 g/mol. The molecule has 0 spiro atoms. The summed E-state index contributed by atoms with van der Waals surface area (Å²) < 4.78 is 0. The number of carbonyl (C=O) groups excluding carboxylic acids is 3. The maximum Gasteiger partial charge on any atom is 0.315 e. The molecule has 4 bridgehead atoms. The maximum atomic E-state index is 12.3. The highest BCUT2D eigenvalue weighted by molar-refractivity contribution is 5.93. The minimum atomic E-state index is -0.416. The van der Waals surface area contributed by atoms with E-state index in [0.717, 1.165) is 37.0 Å². The van der Waals surface area contributed by atoms with Crippen LogP contribution in [-0.4, -0.2) is 34.9 Å². The van der Waals surface area contributed by atoms with Crippen LogP contribution in [0.4, 0.5) is 4.79 Å². The molecule has 0 radical (unpaired) electrons. The van der Waals surface area contributed by atoms with Crippen LogP contribution in [0.2, 0.25) is 0 Å². The molecule has 0 unspecified atom stereocenters. The lowest BCUT2D eigenvalue weighted by Gasteiger charge is -2.56. The molecule has 1 aromatic rings. The Bertz CT molecular complexity index is 680. The molecule has 0 saturated heterocycles. The number of hydrogen-bond donors (Lipinski definition) is 5. The monoisotopic (exact) mass is 373 g/mol. The van der Waals surface area contributed by atoms with E-state index in [2.05, 4.69) is 26.5 Å². The average Bonchev–Trinajstić information content (AvgIpc) is 3.12. The first-order valence-electron chi connectivity index (χ1n) is 9.80. The van der Waals surface area contributed by atoms with E-state index in [1.165, 1.54) is 19.3 Å². The van der Waals surface area contributed by atoms with Gasteiger partial charge in [0.25, 0.3) is 5.91 Å². The topological polar surface area (TPSA) is 115 Å². The highest BCUT2D eigenvalue weighted by Gasteiger charge is 2.51. The Morgan fingerprint density at radius 1 is 1.04 bits per heavy atom. The molecule has 4 aliphatic rings. The Morgan fingerprint density at radius 2 is 1.70 bits per heavy atom. The van der Waals surface area contributed by atoms with E-state index in [9.17, 15) is 14.4 Å². The van der Waals surface area contributed by atoms with E-state index in [0.29, 0.717) is 5.69 Å². The molecule has 4 aliphatic carbocycles. The van der Waals surface area contributed by atoms with Crippen molar-refractivity contribution in [2.75, 3.05) is 6.54 Å². The number of aromatic nitrogens is 1. The molecule has 4 amide bonds. The lowest BCUT2D eigenvalue weighted by Crippen LogP contribution is -2.61. The number of hydrazine groups is 1. The number of rotatable bonds is 5. The Morgan fingerprint density at radius 3 is 2.30 bits per heavy atom. The van der Waals surface area contributed by atoms with Crippen LogP contribution < -0.4 is 21.5 Å². The van der Waals surface area contributed by atoms with E-state index in [4.69, 9.17) is 0 Å². The van der Waals surface area contributed by atoms with Gasteiger partial charge in [-0.15, -0.1) is 0 Å². The van der Waals surface area contributed by atoms with Gasteiger partial charge in [0.2, 0.25) is 5.91 Å². The predicted molar refractivity (Wildman–Crippen MR) is 98.5 cm³/mol. The van der Waals surface area contributed by atoms with E-state index in [-0.39, 0.29) is 30.4 Å². The number of amides is 4. The maximum absolute atomic E-state index is 12.3. The Labute approximate surface area is 158 Å². The third kappa shape index (κ3) is 4.09. The van der Waals surface area contributed by atoms with Crippen molar-refractivity contribution in [3.63, 3.8) is 0 Å². The first-order chi connectivity index (χ1) is 13.0. The van der Waals surface area contributed by atoms with Crippen molar-refractivity contribution in [3.8, 4) is 0 Å². The zero-order valence-electron chi connectivity index (χ0n) is 15.3. The predicted octanol–water partition coefficient (Wildman–Crippen LogP) is 1.43. The second-order valence-electron chi connectivity index (χ2n) is 8.41. The van der Waals surface area contributed by atoms with Crippen molar-refractivity contribution in [3.05, 3.63) is 24.0 Å². The molecule has 0 aromatic carbocycles. The number of urea groups is 1. The minimum absolute atomic E-state index is 0.0366. The van der Waals surface area contributed by atoms with E-state index >= 15 is 0 Å². The summed E-state index contributed by atoms with van der Waals surface area (Å²) in [5.41, 5.74) is 5.00. The van der Waals surface area contributed by atoms with E-state index < -0.39 is 5.91 Å². The fourth-order valence-electron chi connectivity index (χ4n) is 5.57. The zero-order chi connectivity index (χ0) is 18.9. The van der Waals surface area contributed by atoms with Gasteiger partial charge in [0.1, 0.15) is 5.69 Å². The van der Waals surface area contributed by atoms with Crippen molar-refractivity contribution in [1.82, 2.24) is 26.5 Å². The molecule has 27 heavy (non-hydrogen) atoms. The van der Waals surface area contributed by atoms with Crippen molar-refractivity contribution < 1.29 is 14.4 Å². The Hall–Kier alpha value is -2.51. The van der Waals surface area contributed by atoms with Gasteiger partial charge in [-0.3, -0.25) is 20.4 Å². The van der Waals surface area contributed by atoms with Crippen LogP contribution in [0.25, 0.3) is 0 Å². The number of H-pyrrole nitrogens is 1. The molecule has 0 atom stereocenters. The highest BCUT2D eigenvalue weighted by Crippen LogP contribution is 2.55. The smallest absolute Gasteiger partial charge is 0.315 e. The van der Waals surface area contributed by atoms with Gasteiger partial charge in [0.05, 0.1) is 0 Å². The third-order valence-corrected chi connectivity index (χ3v) is 6.21. The highest BCUT2D eigenvalue weighted by atomic mass is 16.2. The molecular weight excluding hydrogens is 346 g/mol. The van der Waals surface area contributed by atoms with Gasteiger partial charge in [-0.05, 0) is 68.4 Å². The molecule has 8 heteroatoms. The molecule has 5 rings (SSSR count). The Kier molecular flexibility index (Phi) is 4.80. The van der Waals surface area contributed by atoms with Crippen LogP contribution in [0.5, 0.6) is 0 Å². The quantitative estimate of drug-likeness (QED) is 0.503. The molecule has 4 fully saturated rings. The summed E-state index contributed by atoms with van der Waals surface area (Å²) >= 11 is 0. The molecule has 1 aromatic heterocycles. The summed E-state index contributed by atoms with van der Waals surface area (Å²) in [6.45, 7) is 0.225. The van der Waals surface area contributed by atoms with Crippen LogP contribution in [0.1, 0.15) is 55.4 Å². The fourth-order valence-corrected chi connectivity index (χ4v) is 5.57. The first kappa shape index (κ1) is 17.9. The lowest BCUT2D eigenvalue weighted by atomic mass is 9.53. The largest absolute Gasteiger partial charge is 0.357 e. The van der Waals surface area contributed by atoms with Gasteiger partial charge in [-0.2, -0.15) is 0 Å². The summed E-state index contributed by atoms with van der Waals surface area (Å²) in [6, 6.07) is 3.11. The summed E-state index contributed by atoms with van der Waals surface area (Å²) in [7, 11) is 0. The van der Waals surface area contributed by atoms with Gasteiger partial charge in [0, 0.05) is 24.7 Å². The van der Waals surface area contributed by atoms with Crippen LogP contribution in [0.3, 0.4) is 0 Å². The van der Waals surface area contributed by atoms with Crippen molar-refractivity contribution in [2.45, 2.75) is 50.5 Å². The zero-order valence-corrected chi connectivity index (χ0v) is 15.3. The lowest BCUT2D eigenvalue weighted by molar-refractivity contribution is -0.121. The third-order valence-electron chi connectivity index (χ3n) is 6.21. The van der Waals surface area contributed by atoms with Gasteiger partial charge in [-0.1, -0.05) is 0 Å². The van der Waals surface area contributed by atoms with Crippen LogP contribution in [-0.2, 0) is 4.79 Å². The van der Waals surface area contributed by atoms with Crippen molar-refractivity contribution in [1.29, 1.82) is 0 Å². The second kappa shape index (κ2) is 7.25. The minimum Gasteiger partial charge on any atom is -0.357 e. The molecule has 5 N–H and O–H groups in total. The molecular formula is C19H27N5O3. The number of hydrogen-bond acceptors (Lipinski definition) is 3. The van der Waals surface area contributed by atoms with Crippen LogP contribution in [0.15, 0.2) is 18.3 Å². The number of nitrogens with one attached hydrogen (secondary N) is 5. The molecule has 4 saturated carbocycles. The summed E-state index contributed by atoms with van der Waals surface area (Å²) in [4.78, 5) is 38.6. The standard InChI is InChI=1S/C19H27N5O3/c25-16(23-24-17(26)15-2-1-4-20-15)3-5-21-18(27)22-19-9-12-6-13(10-19)8-14(7-12)11-19/h1-2,4,12-14,20H,3,5-11H2,(H,23,25)(H,24,26)(H2,21,22,27). The SMILES string of the molecule is O=C(CCNC(=O)NC12CC3CC(CC(C3)C1)C2)NNC(=O)c1ccc[nH]1. The van der Waals surface area contributed by atoms with Gasteiger partial charge in [0.15, 0.2) is 0 Å². The first-order valence-corrected chi connectivity index (χ1v) is 9.80. The molecule has 0 aliphatic heterocycles. The normalized spacial score (nSPS) is 30.6. The van der Waals surface area contributed by atoms with E-state index in [1.54, 1.807) is 18.3 Å². The van der Waals surface area contributed by atoms with E-state index in [1.807, 2.05) is 0 Å². The summed E-state index contributed by atoms with van der Waals surface area (Å²) in [6.07, 6.45) is 9.00. The van der Waals surface area contributed by atoms with Gasteiger partial charge < -0.3 is 15.6 Å². The van der Waals surface area contributed by atoms with Crippen LogP contribution >= 0.6 is 0 Å². The van der Waals surface area contributed by atoms with Gasteiger partial charge in [-0.25, -0.2) is 4.79 Å². The van der Waals surface area contributed by atoms with Gasteiger partial charge >= 0.3 is 6.03 Å². The number of aromatic amines is 1. The Balaban J connectivity index is 1.16. The molecule has 8 nitrogen and oxygen atoms in total. The molecule has 146 valence electrons. The summed E-state index contributed by atoms with van der Waals surface area (Å²) in [5, 5.41) is 5.99. The molecule has 1 heterocycles. The number of carbonyl (C=O) groups is 3. The fraction of sp³-hybridized carbons (Fsp3) is 0.632. The van der Waals surface area contributed by atoms with Crippen molar-refractivity contribution >= 4 is 17.8 Å². The second-order valence-corrected chi connectivity index (χ2v) is 8.41. The van der Waals surface area contributed by atoms with Crippen LogP contribution in [0, 0.1) is 17.8 Å². The van der Waals surface area contributed by atoms with Crippen molar-refractivity contribution in [2.24, 2.45) is 17.8 Å². The summed E-state index contributed by atoms with van der Waals surface area (Å²) in [5.74, 6) is 1.53.